The van der Waals surface area contributed by atoms with E-state index in [2.05, 4.69) is 5.32 Å². The number of nitrogens with two attached hydrogens (primary N) is 1. The molecule has 1 rings (SSSR count). The SMILES string of the molecule is C[C@H](NC(CCCCCCCN)C(=O)O)C(=O)N1CCC[C@H]1C(=O)O. The number of likely N-dealkylation sites (tertiary alicyclic amines) is 1. The largest absolute Gasteiger partial charge is 0.480 e. The highest BCUT2D eigenvalue weighted by molar-refractivity contribution is 5.88. The van der Waals surface area contributed by atoms with E-state index >= 15 is 0 Å². The number of carboxylic acid groups (broad SMARTS) is 2. The molecular formula is C17H31N3O5. The lowest BCUT2D eigenvalue weighted by molar-refractivity contribution is -0.149. The Morgan fingerprint density at radius 2 is 1.80 bits per heavy atom. The smallest absolute Gasteiger partial charge is 0.326 e. The molecular weight excluding hydrogens is 326 g/mol. The highest BCUT2D eigenvalue weighted by atomic mass is 16.4. The summed E-state index contributed by atoms with van der Waals surface area (Å²) in [7, 11) is 0. The van der Waals surface area contributed by atoms with Gasteiger partial charge in [-0.25, -0.2) is 4.79 Å². The van der Waals surface area contributed by atoms with Crippen molar-refractivity contribution in [1.29, 1.82) is 0 Å². The van der Waals surface area contributed by atoms with E-state index in [9.17, 15) is 24.6 Å². The Bertz CT molecular complexity index is 458. The number of unbranched alkanes of at least 4 members (excludes halogenated alkanes) is 4. The van der Waals surface area contributed by atoms with Gasteiger partial charge in [-0.05, 0) is 39.2 Å². The molecule has 3 atom stereocenters. The Kier molecular flexibility index (Phi) is 9.44. The maximum atomic E-state index is 12.5. The van der Waals surface area contributed by atoms with Crippen LogP contribution >= 0.6 is 0 Å². The van der Waals surface area contributed by atoms with Crippen LogP contribution in [0.1, 0.15) is 58.3 Å². The maximum absolute atomic E-state index is 12.5. The normalized spacial score (nSPS) is 19.6. The van der Waals surface area contributed by atoms with Crippen LogP contribution in [0.2, 0.25) is 0 Å². The molecule has 144 valence electrons. The first-order chi connectivity index (χ1) is 11.9. The van der Waals surface area contributed by atoms with E-state index in [1.165, 1.54) is 4.90 Å². The van der Waals surface area contributed by atoms with E-state index in [0.717, 1.165) is 32.1 Å². The van der Waals surface area contributed by atoms with E-state index in [0.29, 0.717) is 32.4 Å². The predicted octanol–water partition coefficient (Wildman–Crippen LogP) is 0.793. The van der Waals surface area contributed by atoms with Gasteiger partial charge in [-0.2, -0.15) is 0 Å². The second-order valence-electron chi connectivity index (χ2n) is 6.65. The fraction of sp³-hybridized carbons (Fsp3) is 0.824. The lowest BCUT2D eigenvalue weighted by Crippen LogP contribution is -2.53. The molecule has 1 aliphatic heterocycles. The fourth-order valence-electron chi connectivity index (χ4n) is 3.21. The molecule has 1 aliphatic rings. The minimum absolute atomic E-state index is 0.348. The minimum Gasteiger partial charge on any atom is -0.480 e. The number of hydrogen-bond acceptors (Lipinski definition) is 5. The molecule has 8 heteroatoms. The summed E-state index contributed by atoms with van der Waals surface area (Å²) in [6.45, 7) is 2.67. The Morgan fingerprint density at radius 3 is 2.40 bits per heavy atom. The fourth-order valence-corrected chi connectivity index (χ4v) is 3.21. The molecule has 0 saturated carbocycles. The zero-order chi connectivity index (χ0) is 18.8. The summed E-state index contributed by atoms with van der Waals surface area (Å²) in [5, 5.41) is 21.4. The van der Waals surface area contributed by atoms with Gasteiger partial charge >= 0.3 is 11.9 Å². The molecule has 0 spiro atoms. The Hall–Kier alpha value is -1.67. The Morgan fingerprint density at radius 1 is 1.16 bits per heavy atom. The topological polar surface area (TPSA) is 133 Å². The molecule has 1 unspecified atom stereocenters. The standard InChI is InChI=1S/C17H31N3O5/c1-12(15(21)20-11-7-9-14(20)17(24)25)19-13(16(22)23)8-5-3-2-4-6-10-18/h12-14,19H,2-11,18H2,1H3,(H,22,23)(H,24,25)/t12-,13?,14-/m0/s1. The molecule has 0 aromatic heterocycles. The number of nitrogens with one attached hydrogen (secondary N) is 1. The average Bonchev–Trinajstić information content (AvgIpc) is 3.05. The van der Waals surface area contributed by atoms with Crippen molar-refractivity contribution in [2.45, 2.75) is 76.4 Å². The van der Waals surface area contributed by atoms with Gasteiger partial charge in [-0.3, -0.25) is 14.9 Å². The van der Waals surface area contributed by atoms with Gasteiger partial charge in [0.1, 0.15) is 12.1 Å². The zero-order valence-corrected chi connectivity index (χ0v) is 14.9. The average molecular weight is 357 g/mol. The van der Waals surface area contributed by atoms with E-state index < -0.39 is 30.1 Å². The van der Waals surface area contributed by atoms with Gasteiger partial charge in [0.15, 0.2) is 0 Å². The Labute approximate surface area is 148 Å². The number of hydrogen-bond donors (Lipinski definition) is 4. The molecule has 0 aliphatic carbocycles. The summed E-state index contributed by atoms with van der Waals surface area (Å²) in [5.74, 6) is -2.35. The van der Waals surface area contributed by atoms with Crippen LogP contribution in [-0.2, 0) is 14.4 Å². The third kappa shape index (κ3) is 6.99. The predicted molar refractivity (Wildman–Crippen MR) is 93.1 cm³/mol. The lowest BCUT2D eigenvalue weighted by atomic mass is 10.1. The van der Waals surface area contributed by atoms with Gasteiger partial charge in [0, 0.05) is 6.54 Å². The summed E-state index contributed by atoms with van der Waals surface area (Å²) in [5.41, 5.74) is 5.43. The van der Waals surface area contributed by atoms with E-state index in [4.69, 9.17) is 5.73 Å². The van der Waals surface area contributed by atoms with Gasteiger partial charge in [0.25, 0.3) is 0 Å². The summed E-state index contributed by atoms with van der Waals surface area (Å²) in [4.78, 5) is 36.4. The first kappa shape index (κ1) is 21.4. The molecule has 1 fully saturated rings. The van der Waals surface area contributed by atoms with E-state index in [1.54, 1.807) is 6.92 Å². The highest BCUT2D eigenvalue weighted by Crippen LogP contribution is 2.19. The molecule has 8 nitrogen and oxygen atoms in total. The van der Waals surface area contributed by atoms with E-state index in [1.807, 2.05) is 0 Å². The number of nitrogens with zero attached hydrogens (tertiary/aromatic N) is 1. The second kappa shape index (κ2) is 11.0. The van der Waals surface area contributed by atoms with Gasteiger partial charge in [0.2, 0.25) is 5.91 Å². The van der Waals surface area contributed by atoms with Crippen LogP contribution in [0.3, 0.4) is 0 Å². The van der Waals surface area contributed by atoms with Crippen LogP contribution in [0.4, 0.5) is 0 Å². The third-order valence-electron chi connectivity index (χ3n) is 4.64. The Balaban J connectivity index is 2.46. The molecule has 0 bridgehead atoms. The summed E-state index contributed by atoms with van der Waals surface area (Å²) < 4.78 is 0. The van der Waals surface area contributed by atoms with Crippen molar-refractivity contribution in [3.05, 3.63) is 0 Å². The number of amides is 1. The van der Waals surface area contributed by atoms with Crippen molar-refractivity contribution in [2.75, 3.05) is 13.1 Å². The molecule has 0 aromatic carbocycles. The monoisotopic (exact) mass is 357 g/mol. The quantitative estimate of drug-likeness (QED) is 0.380. The maximum Gasteiger partial charge on any atom is 0.326 e. The van der Waals surface area contributed by atoms with Gasteiger partial charge in [-0.15, -0.1) is 0 Å². The molecule has 1 heterocycles. The van der Waals surface area contributed by atoms with Gasteiger partial charge in [0.05, 0.1) is 6.04 Å². The van der Waals surface area contributed by atoms with Crippen molar-refractivity contribution in [2.24, 2.45) is 5.73 Å². The van der Waals surface area contributed by atoms with Crippen molar-refractivity contribution in [3.8, 4) is 0 Å². The van der Waals surface area contributed by atoms with Crippen LogP contribution in [-0.4, -0.2) is 64.2 Å². The van der Waals surface area contributed by atoms with Crippen molar-refractivity contribution < 1.29 is 24.6 Å². The lowest BCUT2D eigenvalue weighted by Gasteiger charge is -2.27. The molecule has 1 saturated heterocycles. The summed E-state index contributed by atoms with van der Waals surface area (Å²) in [6.07, 6.45) is 6.27. The van der Waals surface area contributed by atoms with Gasteiger partial charge < -0.3 is 20.8 Å². The van der Waals surface area contributed by atoms with Crippen molar-refractivity contribution in [1.82, 2.24) is 10.2 Å². The zero-order valence-electron chi connectivity index (χ0n) is 14.9. The van der Waals surface area contributed by atoms with Crippen molar-refractivity contribution >= 4 is 17.8 Å². The van der Waals surface area contributed by atoms with Crippen LogP contribution in [0.5, 0.6) is 0 Å². The molecule has 0 aromatic rings. The van der Waals surface area contributed by atoms with Crippen LogP contribution in [0.25, 0.3) is 0 Å². The van der Waals surface area contributed by atoms with Crippen LogP contribution in [0.15, 0.2) is 0 Å². The van der Waals surface area contributed by atoms with Gasteiger partial charge in [-0.1, -0.05) is 25.7 Å². The summed E-state index contributed by atoms with van der Waals surface area (Å²) in [6, 6.07) is -2.33. The summed E-state index contributed by atoms with van der Waals surface area (Å²) >= 11 is 0. The second-order valence-corrected chi connectivity index (χ2v) is 6.65. The third-order valence-corrected chi connectivity index (χ3v) is 4.64. The molecule has 0 radical (unpaired) electrons. The van der Waals surface area contributed by atoms with Crippen LogP contribution < -0.4 is 11.1 Å². The molecule has 1 amide bonds. The van der Waals surface area contributed by atoms with Crippen LogP contribution in [0, 0.1) is 0 Å². The number of aliphatic carboxylic acids is 2. The minimum atomic E-state index is -1.01. The first-order valence-electron chi connectivity index (χ1n) is 9.10. The molecule has 25 heavy (non-hydrogen) atoms. The number of carbonyl (C=O) groups is 3. The van der Waals surface area contributed by atoms with E-state index in [-0.39, 0.29) is 5.91 Å². The van der Waals surface area contributed by atoms with Crippen molar-refractivity contribution in [3.63, 3.8) is 0 Å². The number of carbonyl (C=O) groups excluding carboxylic acids is 1. The number of rotatable bonds is 12. The first-order valence-corrected chi connectivity index (χ1v) is 9.10. The number of carboxylic acids is 2. The molecule has 5 N–H and O–H groups in total. The highest BCUT2D eigenvalue weighted by Gasteiger charge is 2.36.